The molecule has 0 fully saturated rings. The Bertz CT molecular complexity index is 1760. The fourth-order valence-electron chi connectivity index (χ4n) is 5.01. The highest BCUT2D eigenvalue weighted by Gasteiger charge is 2.43. The number of likely N-dealkylation sites (N-methyl/N-ethyl adjacent to an activating group) is 1. The second-order valence-electron chi connectivity index (χ2n) is 9.71. The van der Waals surface area contributed by atoms with Gasteiger partial charge in [-0.25, -0.2) is 4.98 Å². The zero-order valence-corrected chi connectivity index (χ0v) is 20.6. The molecule has 184 valence electrons. The van der Waals surface area contributed by atoms with E-state index in [1.165, 1.54) is 12.1 Å². The molecule has 0 aliphatic carbocycles. The normalized spacial score (nSPS) is 14.8. The number of carbonyl (C=O) groups excluding carboxylic acids is 1. The van der Waals surface area contributed by atoms with Crippen molar-refractivity contribution in [1.29, 1.82) is 0 Å². The summed E-state index contributed by atoms with van der Waals surface area (Å²) in [6, 6.07) is 16.4. The zero-order valence-electron chi connectivity index (χ0n) is 20.6. The summed E-state index contributed by atoms with van der Waals surface area (Å²) in [5.41, 5.74) is 6.27. The number of anilines is 1. The number of imidazole rings is 1. The van der Waals surface area contributed by atoms with Crippen LogP contribution in [0.15, 0.2) is 54.6 Å². The van der Waals surface area contributed by atoms with E-state index >= 15 is 0 Å². The summed E-state index contributed by atoms with van der Waals surface area (Å²) in [5.74, 6) is 0.753. The highest BCUT2D eigenvalue weighted by Crippen LogP contribution is 2.43. The van der Waals surface area contributed by atoms with Crippen molar-refractivity contribution in [3.05, 3.63) is 81.4 Å². The molecular formula is C28H24N6O3. The van der Waals surface area contributed by atoms with Gasteiger partial charge < -0.3 is 9.88 Å². The minimum Gasteiger partial charge on any atom is -0.337 e. The van der Waals surface area contributed by atoms with Crippen LogP contribution in [-0.2, 0) is 10.2 Å². The topological polar surface area (TPSA) is 121 Å². The second kappa shape index (κ2) is 8.12. The first kappa shape index (κ1) is 22.7. The maximum atomic E-state index is 12.9. The van der Waals surface area contributed by atoms with Gasteiger partial charge in [0.25, 0.3) is 5.69 Å². The molecule has 6 rings (SSSR count). The van der Waals surface area contributed by atoms with Crippen LogP contribution < -0.4 is 4.90 Å². The first-order valence-corrected chi connectivity index (χ1v) is 12.0. The van der Waals surface area contributed by atoms with Crippen LogP contribution in [0.2, 0.25) is 0 Å². The van der Waals surface area contributed by atoms with Crippen molar-refractivity contribution in [1.82, 2.24) is 20.2 Å². The van der Waals surface area contributed by atoms with E-state index in [0.717, 1.165) is 44.3 Å². The van der Waals surface area contributed by atoms with Crippen molar-refractivity contribution in [2.45, 2.75) is 26.2 Å². The molecule has 2 aromatic heterocycles. The molecule has 0 atom stereocenters. The predicted molar refractivity (Wildman–Crippen MR) is 144 cm³/mol. The third kappa shape index (κ3) is 3.58. The van der Waals surface area contributed by atoms with Crippen LogP contribution in [0.3, 0.4) is 0 Å². The smallest absolute Gasteiger partial charge is 0.270 e. The van der Waals surface area contributed by atoms with Crippen LogP contribution in [-0.4, -0.2) is 37.5 Å². The van der Waals surface area contributed by atoms with Crippen molar-refractivity contribution in [3.63, 3.8) is 0 Å². The predicted octanol–water partition coefficient (Wildman–Crippen LogP) is 5.83. The van der Waals surface area contributed by atoms with Crippen LogP contribution in [0, 0.1) is 10.1 Å². The Hall–Kier alpha value is -4.79. The van der Waals surface area contributed by atoms with Crippen LogP contribution in [0.1, 0.15) is 37.5 Å². The second-order valence-corrected chi connectivity index (χ2v) is 9.71. The van der Waals surface area contributed by atoms with E-state index in [9.17, 15) is 14.9 Å². The molecule has 0 spiro atoms. The summed E-state index contributed by atoms with van der Waals surface area (Å²) in [6.07, 6.45) is 3.75. The molecular weight excluding hydrogens is 468 g/mol. The summed E-state index contributed by atoms with van der Waals surface area (Å²) in [6.45, 7) is 6.50. The highest BCUT2D eigenvalue weighted by molar-refractivity contribution is 6.09. The number of H-pyrrole nitrogens is 2. The monoisotopic (exact) mass is 492 g/mol. The van der Waals surface area contributed by atoms with Gasteiger partial charge in [-0.15, -0.1) is 0 Å². The average molecular weight is 493 g/mol. The van der Waals surface area contributed by atoms with Crippen LogP contribution >= 0.6 is 0 Å². The number of aromatic amines is 2. The first-order valence-electron chi connectivity index (χ1n) is 12.0. The van der Waals surface area contributed by atoms with Gasteiger partial charge in [-0.1, -0.05) is 30.4 Å². The number of fused-ring (bicyclic) bond motifs is 3. The molecule has 1 aliphatic rings. The lowest BCUT2D eigenvalue weighted by atomic mass is 9.86. The molecule has 1 amide bonds. The van der Waals surface area contributed by atoms with Gasteiger partial charge in [-0.05, 0) is 61.7 Å². The Morgan fingerprint density at radius 2 is 1.84 bits per heavy atom. The van der Waals surface area contributed by atoms with E-state index in [1.54, 1.807) is 6.07 Å². The summed E-state index contributed by atoms with van der Waals surface area (Å²) in [4.78, 5) is 33.5. The van der Waals surface area contributed by atoms with Crippen molar-refractivity contribution < 1.29 is 9.72 Å². The molecule has 0 radical (unpaired) electrons. The summed E-state index contributed by atoms with van der Waals surface area (Å²) in [7, 11) is 0. The van der Waals surface area contributed by atoms with Crippen molar-refractivity contribution >= 4 is 51.4 Å². The van der Waals surface area contributed by atoms with Gasteiger partial charge in [0, 0.05) is 24.1 Å². The molecule has 0 saturated carbocycles. The lowest BCUT2D eigenvalue weighted by Gasteiger charge is -2.18. The number of carbonyl (C=O) groups is 1. The average Bonchev–Trinajstić information content (AvgIpc) is 3.54. The van der Waals surface area contributed by atoms with E-state index in [4.69, 9.17) is 4.98 Å². The number of nitrogens with one attached hydrogen (secondary N) is 2. The van der Waals surface area contributed by atoms with Crippen molar-refractivity contribution in [2.75, 3.05) is 11.4 Å². The van der Waals surface area contributed by atoms with E-state index in [0.29, 0.717) is 18.1 Å². The Labute approximate surface area is 212 Å². The number of nitrogens with zero attached hydrogens (tertiary/aromatic N) is 4. The zero-order chi connectivity index (χ0) is 25.9. The SMILES string of the molecule is CCN1C(=O)C(C)(C)c2cc3[nH]c(-c4n[nH]c5cc(C=Cc6cccc([N+](=O)[O-])c6)ccc45)nc3cc21. The molecule has 37 heavy (non-hydrogen) atoms. The quantitative estimate of drug-likeness (QED) is 0.182. The number of nitro benzene ring substituents is 1. The minimum atomic E-state index is -0.585. The van der Waals surface area contributed by atoms with Crippen LogP contribution in [0.25, 0.3) is 45.6 Å². The van der Waals surface area contributed by atoms with E-state index < -0.39 is 10.3 Å². The molecule has 0 unspecified atom stereocenters. The number of non-ortho nitro benzene ring substituents is 1. The van der Waals surface area contributed by atoms with Gasteiger partial charge in [0.15, 0.2) is 5.82 Å². The lowest BCUT2D eigenvalue weighted by molar-refractivity contribution is -0.384. The van der Waals surface area contributed by atoms with Gasteiger partial charge in [0.1, 0.15) is 5.69 Å². The fraction of sp³-hybridized carbons (Fsp3) is 0.179. The van der Waals surface area contributed by atoms with Crippen molar-refractivity contribution in [2.24, 2.45) is 0 Å². The van der Waals surface area contributed by atoms with Gasteiger partial charge in [-0.3, -0.25) is 20.0 Å². The Balaban J connectivity index is 1.34. The number of benzene rings is 3. The van der Waals surface area contributed by atoms with Gasteiger partial charge >= 0.3 is 0 Å². The fourth-order valence-corrected chi connectivity index (χ4v) is 5.01. The lowest BCUT2D eigenvalue weighted by Crippen LogP contribution is -2.35. The molecule has 3 aromatic carbocycles. The molecule has 3 heterocycles. The molecule has 0 saturated heterocycles. The number of amides is 1. The number of hydrogen-bond acceptors (Lipinski definition) is 5. The third-order valence-corrected chi connectivity index (χ3v) is 7.02. The van der Waals surface area contributed by atoms with Crippen LogP contribution in [0.4, 0.5) is 11.4 Å². The Kier molecular flexibility index (Phi) is 4.98. The maximum absolute atomic E-state index is 12.9. The standard InChI is InChI=1S/C28H24N6O3/c1-4-33-24-15-23-22(14-20(24)28(2,3)27(33)35)29-26(30-23)25-19-11-10-17(13-21(19)31-32-25)9-8-16-6-5-7-18(12-16)34(36)37/h5-15H,4H2,1-3H3,(H,29,30)(H,31,32). The largest absolute Gasteiger partial charge is 0.337 e. The number of rotatable bonds is 5. The van der Waals surface area contributed by atoms with Crippen LogP contribution in [0.5, 0.6) is 0 Å². The summed E-state index contributed by atoms with van der Waals surface area (Å²) in [5, 5.41) is 19.5. The summed E-state index contributed by atoms with van der Waals surface area (Å²) < 4.78 is 0. The summed E-state index contributed by atoms with van der Waals surface area (Å²) >= 11 is 0. The van der Waals surface area contributed by atoms with E-state index in [1.807, 2.05) is 74.2 Å². The minimum absolute atomic E-state index is 0.0597. The molecule has 0 bridgehead atoms. The van der Waals surface area contributed by atoms with E-state index in [-0.39, 0.29) is 11.6 Å². The Morgan fingerprint density at radius 1 is 1.05 bits per heavy atom. The Morgan fingerprint density at radius 3 is 2.59 bits per heavy atom. The van der Waals surface area contributed by atoms with Gasteiger partial charge in [-0.2, -0.15) is 5.10 Å². The molecule has 5 aromatic rings. The highest BCUT2D eigenvalue weighted by atomic mass is 16.6. The van der Waals surface area contributed by atoms with Gasteiger partial charge in [0.05, 0.1) is 32.6 Å². The molecule has 2 N–H and O–H groups in total. The first-order chi connectivity index (χ1) is 17.8. The van der Waals surface area contributed by atoms with Crippen molar-refractivity contribution in [3.8, 4) is 11.5 Å². The number of aromatic nitrogens is 4. The van der Waals surface area contributed by atoms with Gasteiger partial charge in [0.2, 0.25) is 5.91 Å². The molecule has 9 nitrogen and oxygen atoms in total. The maximum Gasteiger partial charge on any atom is 0.270 e. The number of nitro groups is 1. The third-order valence-electron chi connectivity index (χ3n) is 7.02. The molecule has 9 heteroatoms. The van der Waals surface area contributed by atoms with E-state index in [2.05, 4.69) is 15.2 Å². The number of hydrogen-bond donors (Lipinski definition) is 2. The molecule has 1 aliphatic heterocycles.